The molecule has 0 aromatic carbocycles. The first-order valence-corrected chi connectivity index (χ1v) is 6.58. The van der Waals surface area contributed by atoms with Crippen molar-refractivity contribution in [3.63, 3.8) is 0 Å². The van der Waals surface area contributed by atoms with E-state index in [4.69, 9.17) is 12.2 Å². The molecule has 0 atom stereocenters. The topological polar surface area (TPSA) is 33.6 Å². The number of aromatic nitrogens is 3. The van der Waals surface area contributed by atoms with Gasteiger partial charge in [-0.2, -0.15) is 5.10 Å². The Morgan fingerprint density at radius 2 is 2.25 bits per heavy atom. The second kappa shape index (κ2) is 4.51. The highest BCUT2D eigenvalue weighted by atomic mass is 32.1. The molecule has 1 N–H and O–H groups in total. The Labute approximate surface area is 104 Å². The molecule has 3 nitrogen and oxygen atoms in total. The fourth-order valence-electron chi connectivity index (χ4n) is 1.62. The molecule has 2 aromatic heterocycles. The third kappa shape index (κ3) is 1.97. The number of hydrogen-bond acceptors (Lipinski definition) is 3. The van der Waals surface area contributed by atoms with E-state index in [2.05, 4.69) is 41.6 Å². The first kappa shape index (κ1) is 11.5. The van der Waals surface area contributed by atoms with E-state index in [0.717, 1.165) is 18.8 Å². The maximum Gasteiger partial charge on any atom is 0.195 e. The summed E-state index contributed by atoms with van der Waals surface area (Å²) in [4.78, 5) is 2.53. The molecule has 0 unspecified atom stereocenters. The maximum atomic E-state index is 5.23. The zero-order chi connectivity index (χ0) is 11.7. The van der Waals surface area contributed by atoms with E-state index in [-0.39, 0.29) is 0 Å². The van der Waals surface area contributed by atoms with Crippen LogP contribution >= 0.6 is 23.6 Å². The quantitative estimate of drug-likeness (QED) is 0.846. The van der Waals surface area contributed by atoms with Crippen molar-refractivity contribution in [2.45, 2.75) is 33.7 Å². The van der Waals surface area contributed by atoms with E-state index >= 15 is 0 Å². The minimum Gasteiger partial charge on any atom is -0.300 e. The van der Waals surface area contributed by atoms with Gasteiger partial charge in [-0.15, -0.1) is 11.3 Å². The van der Waals surface area contributed by atoms with E-state index in [9.17, 15) is 0 Å². The predicted octanol–water partition coefficient (Wildman–Crippen LogP) is 3.70. The number of thiophene rings is 1. The Bertz CT molecular complexity index is 528. The molecule has 5 heteroatoms. The average molecular weight is 253 g/mol. The lowest BCUT2D eigenvalue weighted by molar-refractivity contribution is 0.675. The molecule has 0 spiro atoms. The Morgan fingerprint density at radius 3 is 2.81 bits per heavy atom. The largest absolute Gasteiger partial charge is 0.300 e. The lowest BCUT2D eigenvalue weighted by Crippen LogP contribution is -1.98. The van der Waals surface area contributed by atoms with Crippen LogP contribution in [0.25, 0.3) is 10.7 Å². The fourth-order valence-corrected chi connectivity index (χ4v) is 2.88. The highest BCUT2D eigenvalue weighted by Gasteiger charge is 2.11. The summed E-state index contributed by atoms with van der Waals surface area (Å²) in [5.74, 6) is 0.966. The van der Waals surface area contributed by atoms with Crippen molar-refractivity contribution in [3.8, 4) is 10.7 Å². The SMILES string of the molecule is CCCn1c(-c2cc(C)c(C)s2)n[nH]c1=S. The molecule has 0 aliphatic carbocycles. The van der Waals surface area contributed by atoms with Crippen molar-refractivity contribution in [2.75, 3.05) is 0 Å². The Hall–Kier alpha value is -0.940. The van der Waals surface area contributed by atoms with Crippen molar-refractivity contribution in [1.82, 2.24) is 14.8 Å². The van der Waals surface area contributed by atoms with Crippen LogP contribution in [0.1, 0.15) is 23.8 Å². The lowest BCUT2D eigenvalue weighted by Gasteiger charge is -2.01. The number of rotatable bonds is 3. The van der Waals surface area contributed by atoms with Crippen molar-refractivity contribution in [3.05, 3.63) is 21.3 Å². The maximum absolute atomic E-state index is 5.23. The highest BCUT2D eigenvalue weighted by Crippen LogP contribution is 2.29. The molecule has 2 rings (SSSR count). The van der Waals surface area contributed by atoms with Gasteiger partial charge in [0.25, 0.3) is 0 Å². The normalized spacial score (nSPS) is 10.9. The molecular formula is C11H15N3S2. The zero-order valence-corrected chi connectivity index (χ0v) is 11.3. The number of nitrogens with one attached hydrogen (secondary N) is 1. The molecule has 0 saturated heterocycles. The molecule has 0 fully saturated rings. The van der Waals surface area contributed by atoms with E-state index in [0.29, 0.717) is 4.77 Å². The van der Waals surface area contributed by atoms with Crippen LogP contribution in [0.4, 0.5) is 0 Å². The van der Waals surface area contributed by atoms with Gasteiger partial charge in [0.05, 0.1) is 4.88 Å². The minimum atomic E-state index is 0.709. The third-order valence-corrected chi connectivity index (χ3v) is 4.05. The fraction of sp³-hybridized carbons (Fsp3) is 0.455. The summed E-state index contributed by atoms with van der Waals surface area (Å²) in [7, 11) is 0. The molecule has 0 aliphatic heterocycles. The summed E-state index contributed by atoms with van der Waals surface area (Å²) < 4.78 is 2.78. The van der Waals surface area contributed by atoms with E-state index in [1.54, 1.807) is 11.3 Å². The van der Waals surface area contributed by atoms with Crippen LogP contribution in [0.15, 0.2) is 6.07 Å². The predicted molar refractivity (Wildman–Crippen MR) is 70.5 cm³/mol. The van der Waals surface area contributed by atoms with Crippen LogP contribution in [-0.4, -0.2) is 14.8 Å². The van der Waals surface area contributed by atoms with E-state index in [1.165, 1.54) is 15.3 Å². The van der Waals surface area contributed by atoms with Gasteiger partial charge in [0.1, 0.15) is 0 Å². The molecule has 0 amide bonds. The molecule has 86 valence electrons. The Kier molecular flexibility index (Phi) is 3.25. The summed E-state index contributed by atoms with van der Waals surface area (Å²) in [6.45, 7) is 7.32. The molecule has 0 saturated carbocycles. The van der Waals surface area contributed by atoms with E-state index < -0.39 is 0 Å². The first-order chi connectivity index (χ1) is 7.63. The second-order valence-corrected chi connectivity index (χ2v) is 5.50. The van der Waals surface area contributed by atoms with Crippen molar-refractivity contribution in [1.29, 1.82) is 0 Å². The average Bonchev–Trinajstić information content (AvgIpc) is 2.74. The van der Waals surface area contributed by atoms with Crippen LogP contribution in [-0.2, 0) is 6.54 Å². The Balaban J connectivity index is 2.51. The lowest BCUT2D eigenvalue weighted by atomic mass is 10.3. The van der Waals surface area contributed by atoms with Crippen LogP contribution in [0.5, 0.6) is 0 Å². The highest BCUT2D eigenvalue weighted by molar-refractivity contribution is 7.71. The molecule has 0 radical (unpaired) electrons. The van der Waals surface area contributed by atoms with Gasteiger partial charge in [0, 0.05) is 11.4 Å². The summed E-state index contributed by atoms with van der Waals surface area (Å²) in [5, 5.41) is 7.19. The van der Waals surface area contributed by atoms with Gasteiger partial charge in [0.15, 0.2) is 10.6 Å². The number of aromatic amines is 1. The molecule has 0 bridgehead atoms. The van der Waals surface area contributed by atoms with Gasteiger partial charge >= 0.3 is 0 Å². The van der Waals surface area contributed by atoms with Gasteiger partial charge < -0.3 is 0 Å². The first-order valence-electron chi connectivity index (χ1n) is 5.36. The summed E-state index contributed by atoms with van der Waals surface area (Å²) in [6, 6.07) is 2.18. The monoisotopic (exact) mass is 253 g/mol. The molecule has 2 aromatic rings. The zero-order valence-electron chi connectivity index (χ0n) is 9.70. The summed E-state index contributed by atoms with van der Waals surface area (Å²) in [5.41, 5.74) is 1.32. The van der Waals surface area contributed by atoms with Crippen LogP contribution < -0.4 is 0 Å². The third-order valence-electron chi connectivity index (χ3n) is 2.59. The molecule has 0 aliphatic rings. The summed E-state index contributed by atoms with van der Waals surface area (Å²) >= 11 is 7.00. The molecule has 2 heterocycles. The van der Waals surface area contributed by atoms with Crippen LogP contribution in [0.3, 0.4) is 0 Å². The van der Waals surface area contributed by atoms with Gasteiger partial charge in [-0.05, 0) is 44.1 Å². The Morgan fingerprint density at radius 1 is 1.50 bits per heavy atom. The number of nitrogens with zero attached hydrogens (tertiary/aromatic N) is 2. The van der Waals surface area contributed by atoms with Crippen LogP contribution in [0.2, 0.25) is 0 Å². The molecule has 16 heavy (non-hydrogen) atoms. The van der Waals surface area contributed by atoms with Gasteiger partial charge in [-0.25, -0.2) is 0 Å². The van der Waals surface area contributed by atoms with E-state index in [1.807, 2.05) is 0 Å². The number of H-pyrrole nitrogens is 1. The number of aryl methyl sites for hydroxylation is 2. The summed E-state index contributed by atoms with van der Waals surface area (Å²) in [6.07, 6.45) is 1.06. The van der Waals surface area contributed by atoms with Gasteiger partial charge in [-0.1, -0.05) is 6.92 Å². The van der Waals surface area contributed by atoms with Gasteiger partial charge in [-0.3, -0.25) is 9.67 Å². The minimum absolute atomic E-state index is 0.709. The van der Waals surface area contributed by atoms with Crippen molar-refractivity contribution < 1.29 is 0 Å². The van der Waals surface area contributed by atoms with Crippen molar-refractivity contribution >= 4 is 23.6 Å². The second-order valence-electron chi connectivity index (χ2n) is 3.85. The smallest absolute Gasteiger partial charge is 0.195 e. The molecular weight excluding hydrogens is 238 g/mol. The number of hydrogen-bond donors (Lipinski definition) is 1. The van der Waals surface area contributed by atoms with Crippen LogP contribution in [0, 0.1) is 18.6 Å². The standard InChI is InChI=1S/C11H15N3S2/c1-4-5-14-10(12-13-11(14)15)9-6-7(2)8(3)16-9/h6H,4-5H2,1-3H3,(H,13,15). The van der Waals surface area contributed by atoms with Gasteiger partial charge in [0.2, 0.25) is 0 Å². The van der Waals surface area contributed by atoms with Crippen molar-refractivity contribution in [2.24, 2.45) is 0 Å².